The van der Waals surface area contributed by atoms with E-state index in [1.165, 1.54) is 27.8 Å². The van der Waals surface area contributed by atoms with Gasteiger partial charge in [0.2, 0.25) is 5.95 Å². The third kappa shape index (κ3) is 6.58. The van der Waals surface area contributed by atoms with Gasteiger partial charge in [-0.25, -0.2) is 4.98 Å². The summed E-state index contributed by atoms with van der Waals surface area (Å²) in [6.07, 6.45) is 0. The zero-order valence-electron chi connectivity index (χ0n) is 37.6. The van der Waals surface area contributed by atoms with Gasteiger partial charge in [0.25, 0.3) is 0 Å². The zero-order chi connectivity index (χ0) is 45.7. The van der Waals surface area contributed by atoms with Gasteiger partial charge in [-0.15, -0.1) is 0 Å². The molecule has 13 rings (SSSR count). The number of hydrogen-bond acceptors (Lipinski definition) is 4. The van der Waals surface area contributed by atoms with Gasteiger partial charge in [0, 0.05) is 39.0 Å². The van der Waals surface area contributed by atoms with E-state index in [4.69, 9.17) is 15.0 Å². The summed E-state index contributed by atoms with van der Waals surface area (Å²) in [4.78, 5) is 18.6. The average molecular weight is 882 g/mol. The van der Waals surface area contributed by atoms with Gasteiger partial charge in [-0.3, -0.25) is 4.57 Å². The van der Waals surface area contributed by atoms with Gasteiger partial charge in [0.1, 0.15) is 0 Å². The SMILES string of the molecule is c1ccc(N(c2ccccc2)c2ccc(-c3ccc(-c4nc(-c5cccc6c5-c5ccccc5C6(c5ccccc5)c5ccccc5)nc(-n5c6ccccc6c6ccccc65)n4)cc3)cc2)cc1. The van der Waals surface area contributed by atoms with E-state index in [9.17, 15) is 0 Å². The van der Waals surface area contributed by atoms with Gasteiger partial charge >= 0.3 is 0 Å². The molecule has 0 bridgehead atoms. The molecule has 0 atom stereocenters. The fraction of sp³-hybridized carbons (Fsp3) is 0.0156. The van der Waals surface area contributed by atoms with Crippen LogP contribution in [0.25, 0.3) is 72.8 Å². The minimum Gasteiger partial charge on any atom is -0.311 e. The lowest BCUT2D eigenvalue weighted by Crippen LogP contribution is -2.28. The molecule has 2 heterocycles. The number of anilines is 3. The number of nitrogens with zero attached hydrogens (tertiary/aromatic N) is 5. The van der Waals surface area contributed by atoms with Crippen molar-refractivity contribution in [3.63, 3.8) is 0 Å². The molecule has 0 amide bonds. The molecule has 0 saturated carbocycles. The Hall–Kier alpha value is -9.19. The smallest absolute Gasteiger partial charge is 0.238 e. The van der Waals surface area contributed by atoms with Crippen molar-refractivity contribution >= 4 is 38.9 Å². The van der Waals surface area contributed by atoms with Crippen molar-refractivity contribution in [2.45, 2.75) is 5.41 Å². The van der Waals surface area contributed by atoms with Crippen LogP contribution < -0.4 is 4.90 Å². The van der Waals surface area contributed by atoms with Crippen molar-refractivity contribution in [3.05, 3.63) is 283 Å². The Morgan fingerprint density at radius 3 is 1.35 bits per heavy atom. The molecule has 0 N–H and O–H groups in total. The molecule has 5 heteroatoms. The first-order chi connectivity index (χ1) is 34.2. The van der Waals surface area contributed by atoms with Crippen LogP contribution in [0.3, 0.4) is 0 Å². The van der Waals surface area contributed by atoms with E-state index in [-0.39, 0.29) is 0 Å². The predicted molar refractivity (Wildman–Crippen MR) is 282 cm³/mol. The maximum atomic E-state index is 5.48. The molecule has 5 nitrogen and oxygen atoms in total. The molecule has 1 aliphatic rings. The summed E-state index contributed by atoms with van der Waals surface area (Å²) < 4.78 is 2.19. The van der Waals surface area contributed by atoms with Gasteiger partial charge in [-0.05, 0) is 93.0 Å². The maximum absolute atomic E-state index is 5.48. The number of hydrogen-bond donors (Lipinski definition) is 0. The van der Waals surface area contributed by atoms with E-state index >= 15 is 0 Å². The summed E-state index contributed by atoms with van der Waals surface area (Å²) in [5.41, 5.74) is 16.0. The molecular weight excluding hydrogens is 839 g/mol. The minimum atomic E-state index is -0.564. The molecule has 69 heavy (non-hydrogen) atoms. The summed E-state index contributed by atoms with van der Waals surface area (Å²) in [7, 11) is 0. The van der Waals surface area contributed by atoms with Gasteiger partial charge in [-0.1, -0.05) is 212 Å². The molecule has 0 unspecified atom stereocenters. The number of fused-ring (bicyclic) bond motifs is 6. The molecular formula is C64H43N5. The molecule has 0 spiro atoms. The molecule has 0 radical (unpaired) electrons. The zero-order valence-corrected chi connectivity index (χ0v) is 37.6. The molecule has 0 saturated heterocycles. The Morgan fingerprint density at radius 1 is 0.319 bits per heavy atom. The summed E-state index contributed by atoms with van der Waals surface area (Å²) in [5.74, 6) is 1.78. The largest absolute Gasteiger partial charge is 0.311 e. The molecule has 0 fully saturated rings. The summed E-state index contributed by atoms with van der Waals surface area (Å²) in [6.45, 7) is 0. The Kier molecular flexibility index (Phi) is 9.65. The van der Waals surface area contributed by atoms with Crippen LogP contribution in [0.4, 0.5) is 17.1 Å². The Labute approximate surface area is 401 Å². The highest BCUT2D eigenvalue weighted by atomic mass is 15.2. The van der Waals surface area contributed by atoms with Crippen LogP contribution in [0.2, 0.25) is 0 Å². The second-order valence-electron chi connectivity index (χ2n) is 17.5. The van der Waals surface area contributed by atoms with Crippen LogP contribution in [0, 0.1) is 0 Å². The molecule has 1 aliphatic carbocycles. The molecule has 12 aromatic rings. The van der Waals surface area contributed by atoms with Crippen molar-refractivity contribution in [2.24, 2.45) is 0 Å². The van der Waals surface area contributed by atoms with E-state index in [0.717, 1.165) is 66.7 Å². The third-order valence-electron chi connectivity index (χ3n) is 13.8. The van der Waals surface area contributed by atoms with Gasteiger partial charge in [-0.2, -0.15) is 9.97 Å². The monoisotopic (exact) mass is 881 g/mol. The van der Waals surface area contributed by atoms with Crippen LogP contribution in [0.5, 0.6) is 0 Å². The fourth-order valence-corrected chi connectivity index (χ4v) is 10.7. The molecule has 0 aliphatic heterocycles. The van der Waals surface area contributed by atoms with Gasteiger partial charge in [0.05, 0.1) is 16.4 Å². The average Bonchev–Trinajstić information content (AvgIpc) is 3.93. The first-order valence-corrected chi connectivity index (χ1v) is 23.4. The van der Waals surface area contributed by atoms with E-state index in [2.05, 4.69) is 270 Å². The number of benzene rings is 10. The standard InChI is InChI=1S/C64H43N5/c1-5-20-47(21-6-1)64(48-22-7-2-8-23-48)56-32-16-13-30-54(56)60-55(31-19-33-57(60)64)62-65-61(66-63(67-62)69-58-34-17-14-28-52(58)53-29-15-18-35-59(53)69)46-38-36-44(37-39-46)45-40-42-51(43-41-45)68(49-24-9-3-10-25-49)50-26-11-4-12-27-50/h1-43H. The topological polar surface area (TPSA) is 46.8 Å². The van der Waals surface area contributed by atoms with Gasteiger partial charge in [0.15, 0.2) is 11.6 Å². The molecule has 324 valence electrons. The number of rotatable bonds is 9. The quantitative estimate of drug-likeness (QED) is 0.145. The lowest BCUT2D eigenvalue weighted by atomic mass is 9.67. The highest BCUT2D eigenvalue weighted by Gasteiger charge is 2.47. The van der Waals surface area contributed by atoms with Crippen LogP contribution in [0.15, 0.2) is 261 Å². The third-order valence-corrected chi connectivity index (χ3v) is 13.8. The lowest BCUT2D eigenvalue weighted by Gasteiger charge is -2.33. The van der Waals surface area contributed by atoms with E-state index < -0.39 is 5.41 Å². The van der Waals surface area contributed by atoms with E-state index in [1.54, 1.807) is 0 Å². The fourth-order valence-electron chi connectivity index (χ4n) is 10.7. The van der Waals surface area contributed by atoms with Crippen molar-refractivity contribution in [2.75, 3.05) is 4.90 Å². The van der Waals surface area contributed by atoms with Crippen LogP contribution in [0.1, 0.15) is 22.3 Å². The normalized spacial score (nSPS) is 12.5. The minimum absolute atomic E-state index is 0.564. The first-order valence-electron chi connectivity index (χ1n) is 23.4. The summed E-state index contributed by atoms with van der Waals surface area (Å²) >= 11 is 0. The Morgan fingerprint density at radius 2 is 0.754 bits per heavy atom. The second kappa shape index (κ2) is 16.6. The Balaban J connectivity index is 0.975. The van der Waals surface area contributed by atoms with Crippen LogP contribution >= 0.6 is 0 Å². The van der Waals surface area contributed by atoms with E-state index in [0.29, 0.717) is 17.6 Å². The molecule has 10 aromatic carbocycles. The van der Waals surface area contributed by atoms with E-state index in [1.807, 2.05) is 0 Å². The highest BCUT2D eigenvalue weighted by Crippen LogP contribution is 2.58. The van der Waals surface area contributed by atoms with Gasteiger partial charge < -0.3 is 4.90 Å². The van der Waals surface area contributed by atoms with Crippen molar-refractivity contribution in [1.29, 1.82) is 0 Å². The Bertz CT molecular complexity index is 3680. The summed E-state index contributed by atoms with van der Waals surface area (Å²) in [5, 5.41) is 2.29. The number of para-hydroxylation sites is 4. The van der Waals surface area contributed by atoms with Crippen molar-refractivity contribution in [3.8, 4) is 51.0 Å². The van der Waals surface area contributed by atoms with Crippen molar-refractivity contribution in [1.82, 2.24) is 19.5 Å². The lowest BCUT2D eigenvalue weighted by molar-refractivity contribution is 0.768. The predicted octanol–water partition coefficient (Wildman–Crippen LogP) is 15.8. The van der Waals surface area contributed by atoms with Crippen molar-refractivity contribution < 1.29 is 0 Å². The second-order valence-corrected chi connectivity index (χ2v) is 17.5. The molecule has 2 aromatic heterocycles. The highest BCUT2D eigenvalue weighted by molar-refractivity contribution is 6.09. The maximum Gasteiger partial charge on any atom is 0.238 e. The summed E-state index contributed by atoms with van der Waals surface area (Å²) in [6, 6.07) is 92.7. The number of aromatic nitrogens is 4. The van der Waals surface area contributed by atoms with Crippen LogP contribution in [-0.2, 0) is 5.41 Å². The first kappa shape index (κ1) is 40.1. The van der Waals surface area contributed by atoms with Crippen LogP contribution in [-0.4, -0.2) is 19.5 Å².